The van der Waals surface area contributed by atoms with Gasteiger partial charge >= 0.3 is 5.69 Å². The summed E-state index contributed by atoms with van der Waals surface area (Å²) in [5.41, 5.74) is -0.429. The maximum Gasteiger partial charge on any atom is 0.331 e. The van der Waals surface area contributed by atoms with E-state index in [9.17, 15) is 18.9 Å². The molecule has 2 rings (SSSR count). The Hall–Kier alpha value is -2.57. The zero-order chi connectivity index (χ0) is 13.1. The van der Waals surface area contributed by atoms with Crippen LogP contribution in [0.3, 0.4) is 0 Å². The SMILES string of the molecule is O=[N+]([O-])c1cccnc1Oc1cccc(F)c1F. The molecule has 0 fully saturated rings. The fourth-order valence-corrected chi connectivity index (χ4v) is 1.27. The predicted molar refractivity (Wildman–Crippen MR) is 57.3 cm³/mol. The van der Waals surface area contributed by atoms with Crippen LogP contribution in [0.25, 0.3) is 0 Å². The number of benzene rings is 1. The Balaban J connectivity index is 2.40. The van der Waals surface area contributed by atoms with Crippen LogP contribution in [0.2, 0.25) is 0 Å². The highest BCUT2D eigenvalue weighted by atomic mass is 19.2. The molecule has 0 radical (unpaired) electrons. The molecule has 5 nitrogen and oxygen atoms in total. The Bertz CT molecular complexity index is 605. The summed E-state index contributed by atoms with van der Waals surface area (Å²) in [7, 11) is 0. The minimum atomic E-state index is -1.22. The van der Waals surface area contributed by atoms with Crippen molar-refractivity contribution in [3.05, 3.63) is 58.3 Å². The average molecular weight is 252 g/mol. The lowest BCUT2D eigenvalue weighted by molar-refractivity contribution is -0.386. The highest BCUT2D eigenvalue weighted by Crippen LogP contribution is 2.30. The highest BCUT2D eigenvalue weighted by molar-refractivity contribution is 5.42. The molecule has 0 aliphatic rings. The van der Waals surface area contributed by atoms with Gasteiger partial charge in [0.25, 0.3) is 5.88 Å². The highest BCUT2D eigenvalue weighted by Gasteiger charge is 2.18. The maximum atomic E-state index is 13.3. The molecule has 0 saturated carbocycles. The van der Waals surface area contributed by atoms with Gasteiger partial charge in [-0.3, -0.25) is 10.1 Å². The number of ether oxygens (including phenoxy) is 1. The van der Waals surface area contributed by atoms with Gasteiger partial charge in [-0.25, -0.2) is 9.37 Å². The Labute approximate surface area is 99.8 Å². The van der Waals surface area contributed by atoms with Crippen LogP contribution < -0.4 is 4.74 Å². The molecule has 2 aromatic rings. The minimum Gasteiger partial charge on any atom is -0.430 e. The Morgan fingerprint density at radius 3 is 2.72 bits per heavy atom. The first kappa shape index (κ1) is 11.9. The predicted octanol–water partition coefficient (Wildman–Crippen LogP) is 3.06. The van der Waals surface area contributed by atoms with Crippen LogP contribution in [-0.4, -0.2) is 9.91 Å². The van der Waals surface area contributed by atoms with Gasteiger partial charge in [0.1, 0.15) is 0 Å². The van der Waals surface area contributed by atoms with Crippen molar-refractivity contribution >= 4 is 5.69 Å². The molecule has 1 aromatic carbocycles. The molecule has 0 amide bonds. The number of halogens is 2. The van der Waals surface area contributed by atoms with Crippen LogP contribution in [0.15, 0.2) is 36.5 Å². The van der Waals surface area contributed by atoms with Gasteiger partial charge in [0, 0.05) is 12.3 Å². The van der Waals surface area contributed by atoms with Crippen LogP contribution in [0, 0.1) is 21.7 Å². The third-order valence-electron chi connectivity index (χ3n) is 2.07. The average Bonchev–Trinajstić information content (AvgIpc) is 2.35. The number of pyridine rings is 1. The fourth-order valence-electron chi connectivity index (χ4n) is 1.27. The van der Waals surface area contributed by atoms with Crippen LogP contribution in [0.4, 0.5) is 14.5 Å². The minimum absolute atomic E-state index is 0.396. The molecule has 0 unspecified atom stereocenters. The summed E-state index contributed by atoms with van der Waals surface area (Å²) in [5, 5.41) is 10.7. The molecule has 7 heteroatoms. The normalized spacial score (nSPS) is 10.1. The number of hydrogen-bond acceptors (Lipinski definition) is 4. The van der Waals surface area contributed by atoms with Gasteiger partial charge in [0.2, 0.25) is 5.82 Å². The van der Waals surface area contributed by atoms with Crippen molar-refractivity contribution in [3.63, 3.8) is 0 Å². The van der Waals surface area contributed by atoms with Crippen molar-refractivity contribution < 1.29 is 18.4 Å². The van der Waals surface area contributed by atoms with Gasteiger partial charge in [0.15, 0.2) is 11.6 Å². The van der Waals surface area contributed by atoms with Crippen LogP contribution in [0.5, 0.6) is 11.6 Å². The molecule has 0 atom stereocenters. The van der Waals surface area contributed by atoms with E-state index in [1.54, 1.807) is 0 Å². The quantitative estimate of drug-likeness (QED) is 0.622. The molecule has 1 aromatic heterocycles. The zero-order valence-electron chi connectivity index (χ0n) is 8.84. The van der Waals surface area contributed by atoms with Crippen LogP contribution in [0.1, 0.15) is 0 Å². The number of nitrogens with zero attached hydrogens (tertiary/aromatic N) is 2. The summed E-state index contributed by atoms with van der Waals surface area (Å²) in [6, 6.07) is 5.78. The molecule has 18 heavy (non-hydrogen) atoms. The molecule has 0 aliphatic carbocycles. The lowest BCUT2D eigenvalue weighted by atomic mass is 10.3. The topological polar surface area (TPSA) is 65.3 Å². The van der Waals surface area contributed by atoms with Crippen molar-refractivity contribution in [1.29, 1.82) is 0 Å². The second-order valence-corrected chi connectivity index (χ2v) is 3.24. The standard InChI is InChI=1S/C11H6F2N2O3/c12-7-3-1-5-9(10(7)13)18-11-8(15(16)17)4-2-6-14-11/h1-6H. The monoisotopic (exact) mass is 252 g/mol. The van der Waals surface area contributed by atoms with Crippen molar-refractivity contribution in [2.45, 2.75) is 0 Å². The second-order valence-electron chi connectivity index (χ2n) is 3.24. The number of aromatic nitrogens is 1. The first-order valence-corrected chi connectivity index (χ1v) is 4.81. The molecular formula is C11H6F2N2O3. The molecule has 0 N–H and O–H groups in total. The van der Waals surface area contributed by atoms with Crippen LogP contribution in [-0.2, 0) is 0 Å². The summed E-state index contributed by atoms with van der Waals surface area (Å²) in [6.45, 7) is 0. The second kappa shape index (κ2) is 4.74. The molecule has 0 spiro atoms. The molecular weight excluding hydrogens is 246 g/mol. The van der Waals surface area contributed by atoms with Gasteiger partial charge in [0.05, 0.1) is 4.92 Å². The Morgan fingerprint density at radius 1 is 1.22 bits per heavy atom. The van der Waals surface area contributed by atoms with Gasteiger partial charge in [-0.1, -0.05) is 6.07 Å². The van der Waals surface area contributed by atoms with E-state index in [4.69, 9.17) is 4.74 Å². The van der Waals surface area contributed by atoms with Crippen LogP contribution >= 0.6 is 0 Å². The zero-order valence-corrected chi connectivity index (χ0v) is 8.84. The van der Waals surface area contributed by atoms with E-state index < -0.39 is 33.9 Å². The van der Waals surface area contributed by atoms with E-state index >= 15 is 0 Å². The molecule has 0 aliphatic heterocycles. The van der Waals surface area contributed by atoms with E-state index in [-0.39, 0.29) is 0 Å². The van der Waals surface area contributed by atoms with E-state index in [0.717, 1.165) is 18.2 Å². The van der Waals surface area contributed by atoms with E-state index in [1.165, 1.54) is 18.3 Å². The molecule has 1 heterocycles. The molecule has 0 saturated heterocycles. The fraction of sp³-hybridized carbons (Fsp3) is 0. The summed E-state index contributed by atoms with van der Waals surface area (Å²) in [4.78, 5) is 13.6. The summed E-state index contributed by atoms with van der Waals surface area (Å²) in [6.07, 6.45) is 1.25. The van der Waals surface area contributed by atoms with Gasteiger partial charge in [-0.2, -0.15) is 4.39 Å². The summed E-state index contributed by atoms with van der Waals surface area (Å²) in [5.74, 6) is -3.19. The first-order chi connectivity index (χ1) is 8.59. The van der Waals surface area contributed by atoms with Gasteiger partial charge in [-0.15, -0.1) is 0 Å². The van der Waals surface area contributed by atoms with Crippen molar-refractivity contribution in [1.82, 2.24) is 4.98 Å². The smallest absolute Gasteiger partial charge is 0.331 e. The number of rotatable bonds is 3. The lowest BCUT2D eigenvalue weighted by Crippen LogP contribution is -1.97. The third-order valence-corrected chi connectivity index (χ3v) is 2.07. The van der Waals surface area contributed by atoms with Crippen molar-refractivity contribution in [2.75, 3.05) is 0 Å². The summed E-state index contributed by atoms with van der Waals surface area (Å²) >= 11 is 0. The third kappa shape index (κ3) is 2.24. The van der Waals surface area contributed by atoms with E-state index in [1.807, 2.05) is 0 Å². The van der Waals surface area contributed by atoms with Crippen molar-refractivity contribution in [2.24, 2.45) is 0 Å². The Morgan fingerprint density at radius 2 is 2.00 bits per heavy atom. The largest absolute Gasteiger partial charge is 0.430 e. The van der Waals surface area contributed by atoms with E-state index in [2.05, 4.69) is 4.98 Å². The van der Waals surface area contributed by atoms with Crippen molar-refractivity contribution in [3.8, 4) is 11.6 Å². The number of hydrogen-bond donors (Lipinski definition) is 0. The molecule has 0 bridgehead atoms. The lowest BCUT2D eigenvalue weighted by Gasteiger charge is -2.05. The van der Waals surface area contributed by atoms with E-state index in [0.29, 0.717) is 0 Å². The van der Waals surface area contributed by atoms with Gasteiger partial charge in [-0.05, 0) is 18.2 Å². The first-order valence-electron chi connectivity index (χ1n) is 4.81. The van der Waals surface area contributed by atoms with Gasteiger partial charge < -0.3 is 4.74 Å². The maximum absolute atomic E-state index is 13.3. The summed E-state index contributed by atoms with van der Waals surface area (Å²) < 4.78 is 31.2. The molecule has 92 valence electrons. The number of nitro groups is 1. The Kier molecular flexibility index (Phi) is 3.13.